The van der Waals surface area contributed by atoms with Crippen LogP contribution in [-0.2, 0) is 31.6 Å². The summed E-state index contributed by atoms with van der Waals surface area (Å²) in [5.41, 5.74) is 1.78. The zero-order valence-electron chi connectivity index (χ0n) is 13.3. The fourth-order valence-corrected chi connectivity index (χ4v) is 3.30. The zero-order valence-corrected chi connectivity index (χ0v) is 16.5. The summed E-state index contributed by atoms with van der Waals surface area (Å²) in [4.78, 5) is 0.645. The zero-order chi connectivity index (χ0) is 18.4. The van der Waals surface area contributed by atoms with Crippen LogP contribution in [0.2, 0.25) is 0 Å². The third kappa shape index (κ3) is 6.72. The van der Waals surface area contributed by atoms with Gasteiger partial charge in [0.1, 0.15) is 0 Å². The Morgan fingerprint density at radius 1 is 0.750 bits per heavy atom. The summed E-state index contributed by atoms with van der Waals surface area (Å²) < 4.78 is 44.0. The predicted octanol–water partition coefficient (Wildman–Crippen LogP) is 2.57. The van der Waals surface area contributed by atoms with Gasteiger partial charge in [-0.25, -0.2) is 16.8 Å². The molecule has 0 atom stereocenters. The Hall–Kier alpha value is -1.22. The molecular formula is C16H19BrO5S2. The van der Waals surface area contributed by atoms with Gasteiger partial charge >= 0.3 is 0 Å². The maximum atomic E-state index is 11.0. The molecule has 0 spiro atoms. The van der Waals surface area contributed by atoms with E-state index in [0.717, 1.165) is 17.1 Å². The second kappa shape index (κ2) is 8.75. The molecule has 0 aliphatic heterocycles. The van der Waals surface area contributed by atoms with Crippen molar-refractivity contribution in [2.45, 2.75) is 21.7 Å². The minimum Gasteiger partial charge on any atom is -0.392 e. The van der Waals surface area contributed by atoms with Crippen LogP contribution in [0.25, 0.3) is 0 Å². The first-order chi connectivity index (χ1) is 11.1. The lowest BCUT2D eigenvalue weighted by molar-refractivity contribution is 0.282. The summed E-state index contributed by atoms with van der Waals surface area (Å²) in [6.45, 7) is -0.0654. The molecule has 2 rings (SSSR count). The van der Waals surface area contributed by atoms with Gasteiger partial charge in [-0.15, -0.1) is 0 Å². The Balaban J connectivity index is 0.000000240. The molecule has 132 valence electrons. The molecule has 0 saturated carbocycles. The van der Waals surface area contributed by atoms with E-state index < -0.39 is 19.7 Å². The first kappa shape index (κ1) is 20.8. The molecule has 1 N–H and O–H groups in total. The van der Waals surface area contributed by atoms with Crippen LogP contribution in [0.4, 0.5) is 0 Å². The van der Waals surface area contributed by atoms with Gasteiger partial charge in [0.25, 0.3) is 0 Å². The van der Waals surface area contributed by atoms with Gasteiger partial charge in [-0.3, -0.25) is 0 Å². The molecule has 0 radical (unpaired) electrons. The van der Waals surface area contributed by atoms with Crippen molar-refractivity contribution in [1.82, 2.24) is 0 Å². The van der Waals surface area contributed by atoms with E-state index in [0.29, 0.717) is 10.5 Å². The second-order valence-electron chi connectivity index (χ2n) is 5.12. The van der Waals surface area contributed by atoms with Crippen molar-refractivity contribution in [3.8, 4) is 0 Å². The smallest absolute Gasteiger partial charge is 0.175 e. The number of alkyl halides is 1. The largest absolute Gasteiger partial charge is 0.392 e. The molecule has 2 aromatic carbocycles. The second-order valence-corrected chi connectivity index (χ2v) is 9.72. The maximum Gasteiger partial charge on any atom is 0.175 e. The molecule has 5 nitrogen and oxygen atoms in total. The third-order valence-electron chi connectivity index (χ3n) is 3.04. The van der Waals surface area contributed by atoms with Crippen LogP contribution < -0.4 is 0 Å². The van der Waals surface area contributed by atoms with E-state index in [2.05, 4.69) is 15.9 Å². The van der Waals surface area contributed by atoms with Crippen molar-refractivity contribution in [3.05, 3.63) is 59.7 Å². The minimum atomic E-state index is -3.11. The van der Waals surface area contributed by atoms with Crippen LogP contribution in [-0.4, -0.2) is 34.5 Å². The van der Waals surface area contributed by atoms with Crippen LogP contribution in [0.1, 0.15) is 11.1 Å². The van der Waals surface area contributed by atoms with Crippen molar-refractivity contribution in [1.29, 1.82) is 0 Å². The summed E-state index contributed by atoms with van der Waals surface area (Å²) >= 11 is 3.28. The molecule has 0 fully saturated rings. The monoisotopic (exact) mass is 434 g/mol. The summed E-state index contributed by atoms with van der Waals surface area (Å²) in [5, 5.41) is 9.43. The van der Waals surface area contributed by atoms with Gasteiger partial charge in [-0.05, 0) is 35.4 Å². The molecule has 2 aromatic rings. The van der Waals surface area contributed by atoms with Crippen molar-refractivity contribution in [2.75, 3.05) is 12.5 Å². The Labute approximate surface area is 151 Å². The molecule has 8 heteroatoms. The van der Waals surface area contributed by atoms with E-state index in [1.54, 1.807) is 36.4 Å². The molecule has 0 amide bonds. The van der Waals surface area contributed by atoms with Gasteiger partial charge in [-0.2, -0.15) is 0 Å². The summed E-state index contributed by atoms with van der Waals surface area (Å²) in [6, 6.07) is 13.0. The van der Waals surface area contributed by atoms with Crippen molar-refractivity contribution in [3.63, 3.8) is 0 Å². The number of benzene rings is 2. The molecule has 0 unspecified atom stereocenters. The number of sulfone groups is 2. The highest BCUT2D eigenvalue weighted by Crippen LogP contribution is 2.12. The van der Waals surface area contributed by atoms with E-state index in [1.165, 1.54) is 18.4 Å². The van der Waals surface area contributed by atoms with Crippen molar-refractivity contribution < 1.29 is 21.9 Å². The maximum absolute atomic E-state index is 11.0. The molecule has 0 heterocycles. The Kier molecular flexibility index (Phi) is 7.59. The van der Waals surface area contributed by atoms with E-state index in [4.69, 9.17) is 5.11 Å². The normalized spacial score (nSPS) is 11.5. The number of halogens is 1. The topological polar surface area (TPSA) is 88.5 Å². The summed E-state index contributed by atoms with van der Waals surface area (Å²) in [7, 11) is -6.15. The van der Waals surface area contributed by atoms with Crippen LogP contribution in [0.5, 0.6) is 0 Å². The first-order valence-corrected chi connectivity index (χ1v) is 11.7. The quantitative estimate of drug-likeness (QED) is 0.746. The number of hydrogen-bond donors (Lipinski definition) is 1. The number of rotatable bonds is 4. The lowest BCUT2D eigenvalue weighted by Crippen LogP contribution is -1.96. The fourth-order valence-electron chi connectivity index (χ4n) is 1.67. The third-order valence-corrected chi connectivity index (χ3v) is 5.94. The van der Waals surface area contributed by atoms with Gasteiger partial charge in [0.15, 0.2) is 19.7 Å². The van der Waals surface area contributed by atoms with Gasteiger partial charge in [0, 0.05) is 17.8 Å². The highest BCUT2D eigenvalue weighted by molar-refractivity contribution is 9.08. The van der Waals surface area contributed by atoms with Crippen LogP contribution in [0.3, 0.4) is 0 Å². The van der Waals surface area contributed by atoms with Gasteiger partial charge in [-0.1, -0.05) is 40.2 Å². The number of hydrogen-bond acceptors (Lipinski definition) is 5. The van der Waals surface area contributed by atoms with Crippen LogP contribution >= 0.6 is 15.9 Å². The van der Waals surface area contributed by atoms with E-state index in [1.807, 2.05) is 0 Å². The summed E-state index contributed by atoms with van der Waals surface area (Å²) in [6.07, 6.45) is 2.36. The molecule has 24 heavy (non-hydrogen) atoms. The van der Waals surface area contributed by atoms with Gasteiger partial charge < -0.3 is 5.11 Å². The van der Waals surface area contributed by atoms with E-state index in [9.17, 15) is 16.8 Å². The lowest BCUT2D eigenvalue weighted by atomic mass is 10.2. The average Bonchev–Trinajstić information content (AvgIpc) is 2.54. The highest BCUT2D eigenvalue weighted by Gasteiger charge is 2.05. The lowest BCUT2D eigenvalue weighted by Gasteiger charge is -1.98. The van der Waals surface area contributed by atoms with Crippen molar-refractivity contribution in [2.24, 2.45) is 0 Å². The van der Waals surface area contributed by atoms with Gasteiger partial charge in [0.2, 0.25) is 0 Å². The van der Waals surface area contributed by atoms with Gasteiger partial charge in [0.05, 0.1) is 16.4 Å². The molecule has 0 aliphatic rings. The molecule has 0 saturated heterocycles. The minimum absolute atomic E-state index is 0.0654. The highest BCUT2D eigenvalue weighted by atomic mass is 79.9. The molecule has 0 aromatic heterocycles. The molecule has 0 aliphatic carbocycles. The number of aliphatic hydroxyl groups excluding tert-OH is 1. The van der Waals surface area contributed by atoms with E-state index >= 15 is 0 Å². The van der Waals surface area contributed by atoms with Crippen molar-refractivity contribution >= 4 is 35.6 Å². The Morgan fingerprint density at radius 3 is 1.33 bits per heavy atom. The summed E-state index contributed by atoms with van der Waals surface area (Å²) in [5.74, 6) is 0. The number of aliphatic hydroxyl groups is 1. The Bertz CT molecular complexity index is 780. The standard InChI is InChI=1S/C8H9BrO2S.C8H10O3S/c2*1-12(10,11)8-4-2-7(6-9)3-5-8/h2-5H,6H2,1H3;2-5,9H,6H2,1H3. The van der Waals surface area contributed by atoms with Crippen LogP contribution in [0, 0.1) is 0 Å². The first-order valence-electron chi connectivity index (χ1n) is 6.82. The predicted molar refractivity (Wildman–Crippen MR) is 97.7 cm³/mol. The van der Waals surface area contributed by atoms with Crippen LogP contribution in [0.15, 0.2) is 58.3 Å². The molecule has 0 bridgehead atoms. The average molecular weight is 435 g/mol. The Morgan fingerprint density at radius 2 is 1.08 bits per heavy atom. The SMILES string of the molecule is CS(=O)(=O)c1ccc(CBr)cc1.CS(=O)(=O)c1ccc(CO)cc1. The fraction of sp³-hybridized carbons (Fsp3) is 0.250. The molecular weight excluding hydrogens is 416 g/mol. The van der Waals surface area contributed by atoms with E-state index in [-0.39, 0.29) is 11.5 Å².